The highest BCUT2D eigenvalue weighted by atomic mass is 35.5. The molecule has 0 radical (unpaired) electrons. The van der Waals surface area contributed by atoms with Crippen LogP contribution in [-0.4, -0.2) is 49.3 Å². The molecule has 2 aromatic rings. The van der Waals surface area contributed by atoms with Crippen molar-refractivity contribution in [3.63, 3.8) is 0 Å². The van der Waals surface area contributed by atoms with Gasteiger partial charge in [-0.05, 0) is 12.8 Å². The van der Waals surface area contributed by atoms with Crippen molar-refractivity contribution in [1.82, 2.24) is 24.4 Å². The molecule has 0 saturated carbocycles. The van der Waals surface area contributed by atoms with Gasteiger partial charge in [-0.3, -0.25) is 9.78 Å². The minimum Gasteiger partial charge on any atom is -0.342 e. The molecule has 7 heteroatoms. The Kier molecular flexibility index (Phi) is 4.38. The lowest BCUT2D eigenvalue weighted by molar-refractivity contribution is -0.129. The number of carbonyl (C=O) groups is 1. The molecule has 0 spiro atoms. The number of aromatic nitrogens is 4. The van der Waals surface area contributed by atoms with Crippen molar-refractivity contribution in [2.45, 2.75) is 18.8 Å². The highest BCUT2D eigenvalue weighted by Crippen LogP contribution is 2.31. The fraction of sp³-hybridized carbons (Fsp3) is 0.467. The molecule has 0 aromatic carbocycles. The van der Waals surface area contributed by atoms with Crippen LogP contribution in [0, 0.1) is 0 Å². The van der Waals surface area contributed by atoms with Crippen molar-refractivity contribution in [1.29, 1.82) is 0 Å². The van der Waals surface area contributed by atoms with E-state index in [1.807, 2.05) is 22.7 Å². The van der Waals surface area contributed by atoms with Gasteiger partial charge in [0, 0.05) is 50.8 Å². The predicted octanol–water partition coefficient (Wildman–Crippen LogP) is 1.82. The first kappa shape index (κ1) is 15.0. The van der Waals surface area contributed by atoms with Crippen LogP contribution in [0.5, 0.6) is 0 Å². The van der Waals surface area contributed by atoms with Gasteiger partial charge in [-0.15, -0.1) is 11.6 Å². The second-order valence-corrected chi connectivity index (χ2v) is 5.71. The first-order chi connectivity index (χ1) is 10.7. The summed E-state index contributed by atoms with van der Waals surface area (Å²) < 4.78 is 1.94. The fourth-order valence-electron chi connectivity index (χ4n) is 2.90. The van der Waals surface area contributed by atoms with Crippen molar-refractivity contribution >= 4 is 17.5 Å². The lowest BCUT2D eigenvalue weighted by Gasteiger charge is -2.31. The zero-order valence-corrected chi connectivity index (χ0v) is 13.2. The van der Waals surface area contributed by atoms with E-state index in [1.54, 1.807) is 18.6 Å². The van der Waals surface area contributed by atoms with Crippen LogP contribution in [0.4, 0.5) is 0 Å². The summed E-state index contributed by atoms with van der Waals surface area (Å²) in [6.07, 6.45) is 8.82. The molecule has 116 valence electrons. The molecule has 6 nitrogen and oxygen atoms in total. The van der Waals surface area contributed by atoms with Crippen molar-refractivity contribution in [3.8, 4) is 11.5 Å². The van der Waals surface area contributed by atoms with Crippen LogP contribution in [0.15, 0.2) is 24.8 Å². The Balaban J connectivity index is 1.82. The average molecular weight is 320 g/mol. The Bertz CT molecular complexity index is 663. The summed E-state index contributed by atoms with van der Waals surface area (Å²) in [5.41, 5.74) is 1.80. The third kappa shape index (κ3) is 2.83. The molecule has 2 aromatic heterocycles. The quantitative estimate of drug-likeness (QED) is 0.810. The predicted molar refractivity (Wildman–Crippen MR) is 83.5 cm³/mol. The van der Waals surface area contributed by atoms with E-state index in [0.717, 1.165) is 30.1 Å². The standard InChI is InChI=1S/C15H18ClN5O/c1-20-9-6-19-15(20)14-13(17-4-5-18-14)11-2-7-21(8-3-11)12(22)10-16/h4-6,9,11H,2-3,7-8,10H2,1H3. The van der Waals surface area contributed by atoms with Gasteiger partial charge in [0.25, 0.3) is 0 Å². The number of amides is 1. The smallest absolute Gasteiger partial charge is 0.237 e. The minimum absolute atomic E-state index is 0.00332. The highest BCUT2D eigenvalue weighted by molar-refractivity contribution is 6.27. The molecule has 0 unspecified atom stereocenters. The summed E-state index contributed by atoms with van der Waals surface area (Å²) >= 11 is 5.62. The van der Waals surface area contributed by atoms with Crippen LogP contribution in [0.1, 0.15) is 24.5 Å². The van der Waals surface area contributed by atoms with Crippen LogP contribution in [-0.2, 0) is 11.8 Å². The number of alkyl halides is 1. The molecule has 1 fully saturated rings. The maximum Gasteiger partial charge on any atom is 0.237 e. The minimum atomic E-state index is 0.00332. The number of halogens is 1. The number of likely N-dealkylation sites (tertiary alicyclic amines) is 1. The van der Waals surface area contributed by atoms with Gasteiger partial charge in [-0.1, -0.05) is 0 Å². The van der Waals surface area contributed by atoms with Crippen molar-refractivity contribution in [3.05, 3.63) is 30.5 Å². The van der Waals surface area contributed by atoms with Crippen LogP contribution < -0.4 is 0 Å². The SMILES string of the molecule is Cn1ccnc1-c1nccnc1C1CCN(C(=O)CCl)CC1. The molecule has 0 N–H and O–H groups in total. The number of hydrogen-bond acceptors (Lipinski definition) is 4. The highest BCUT2D eigenvalue weighted by Gasteiger charge is 2.27. The zero-order chi connectivity index (χ0) is 15.5. The molecule has 0 aliphatic carbocycles. The van der Waals surface area contributed by atoms with Gasteiger partial charge in [-0.25, -0.2) is 9.97 Å². The molecule has 3 rings (SSSR count). The molecule has 1 saturated heterocycles. The summed E-state index contributed by atoms with van der Waals surface area (Å²) in [5, 5.41) is 0. The Morgan fingerprint density at radius 2 is 1.95 bits per heavy atom. The van der Waals surface area contributed by atoms with Gasteiger partial charge in [0.15, 0.2) is 5.82 Å². The van der Waals surface area contributed by atoms with E-state index < -0.39 is 0 Å². The van der Waals surface area contributed by atoms with Gasteiger partial charge < -0.3 is 9.47 Å². The topological polar surface area (TPSA) is 63.9 Å². The van der Waals surface area contributed by atoms with E-state index >= 15 is 0 Å². The van der Waals surface area contributed by atoms with Gasteiger partial charge in [0.05, 0.1) is 5.69 Å². The van der Waals surface area contributed by atoms with E-state index in [2.05, 4.69) is 15.0 Å². The third-order valence-electron chi connectivity index (χ3n) is 4.11. The number of hydrogen-bond donors (Lipinski definition) is 0. The zero-order valence-electron chi connectivity index (χ0n) is 12.4. The number of rotatable bonds is 3. The summed E-state index contributed by atoms with van der Waals surface area (Å²) in [6.45, 7) is 1.43. The second-order valence-electron chi connectivity index (χ2n) is 5.44. The number of piperidine rings is 1. The van der Waals surface area contributed by atoms with E-state index in [-0.39, 0.29) is 11.8 Å². The van der Waals surface area contributed by atoms with Crippen LogP contribution >= 0.6 is 11.6 Å². The maximum atomic E-state index is 11.7. The van der Waals surface area contributed by atoms with E-state index in [0.29, 0.717) is 19.0 Å². The first-order valence-electron chi connectivity index (χ1n) is 7.33. The maximum absolute atomic E-state index is 11.7. The lowest BCUT2D eigenvalue weighted by atomic mass is 9.91. The second kappa shape index (κ2) is 6.44. The van der Waals surface area contributed by atoms with Crippen molar-refractivity contribution in [2.24, 2.45) is 7.05 Å². The number of nitrogens with zero attached hydrogens (tertiary/aromatic N) is 5. The molecule has 22 heavy (non-hydrogen) atoms. The Morgan fingerprint density at radius 3 is 2.59 bits per heavy atom. The number of aryl methyl sites for hydroxylation is 1. The molecular formula is C15H18ClN5O. The largest absolute Gasteiger partial charge is 0.342 e. The van der Waals surface area contributed by atoms with Crippen LogP contribution in [0.25, 0.3) is 11.5 Å². The van der Waals surface area contributed by atoms with E-state index in [1.165, 1.54) is 0 Å². The molecule has 1 amide bonds. The Morgan fingerprint density at radius 1 is 1.23 bits per heavy atom. The van der Waals surface area contributed by atoms with Gasteiger partial charge >= 0.3 is 0 Å². The molecule has 0 bridgehead atoms. The number of carbonyl (C=O) groups excluding carboxylic acids is 1. The summed E-state index contributed by atoms with van der Waals surface area (Å²) in [6, 6.07) is 0. The van der Waals surface area contributed by atoms with E-state index in [9.17, 15) is 4.79 Å². The van der Waals surface area contributed by atoms with E-state index in [4.69, 9.17) is 11.6 Å². The molecule has 1 aliphatic heterocycles. The average Bonchev–Trinajstić information content (AvgIpc) is 3.00. The summed E-state index contributed by atoms with van der Waals surface area (Å²) in [4.78, 5) is 26.9. The Hall–Kier alpha value is -1.95. The molecule has 0 atom stereocenters. The van der Waals surface area contributed by atoms with Gasteiger partial charge in [0.1, 0.15) is 11.6 Å². The van der Waals surface area contributed by atoms with Crippen molar-refractivity contribution in [2.75, 3.05) is 19.0 Å². The van der Waals surface area contributed by atoms with Crippen LogP contribution in [0.2, 0.25) is 0 Å². The third-order valence-corrected chi connectivity index (χ3v) is 4.34. The fourth-order valence-corrected chi connectivity index (χ4v) is 3.07. The van der Waals surface area contributed by atoms with Crippen LogP contribution in [0.3, 0.4) is 0 Å². The van der Waals surface area contributed by atoms with Gasteiger partial charge in [0.2, 0.25) is 5.91 Å². The lowest BCUT2D eigenvalue weighted by Crippen LogP contribution is -2.38. The monoisotopic (exact) mass is 319 g/mol. The normalized spacial score (nSPS) is 16.0. The van der Waals surface area contributed by atoms with Gasteiger partial charge in [-0.2, -0.15) is 0 Å². The number of imidazole rings is 1. The molecular weight excluding hydrogens is 302 g/mol. The summed E-state index contributed by atoms with van der Waals surface area (Å²) in [5.74, 6) is 1.17. The summed E-state index contributed by atoms with van der Waals surface area (Å²) in [7, 11) is 1.95. The Labute approximate surface area is 134 Å². The first-order valence-corrected chi connectivity index (χ1v) is 7.86. The van der Waals surface area contributed by atoms with Crippen molar-refractivity contribution < 1.29 is 4.79 Å². The molecule has 3 heterocycles. The molecule has 1 aliphatic rings.